The van der Waals surface area contributed by atoms with Crippen LogP contribution in [-0.4, -0.2) is 4.57 Å². The van der Waals surface area contributed by atoms with E-state index in [0.29, 0.717) is 11.3 Å². The van der Waals surface area contributed by atoms with E-state index in [1.807, 2.05) is 0 Å². The zero-order valence-corrected chi connectivity index (χ0v) is 9.62. The van der Waals surface area contributed by atoms with Gasteiger partial charge in [0.25, 0.3) is 5.56 Å². The Morgan fingerprint density at radius 3 is 2.82 bits per heavy atom. The second-order valence-corrected chi connectivity index (χ2v) is 4.05. The fourth-order valence-corrected chi connectivity index (χ4v) is 1.72. The highest BCUT2D eigenvalue weighted by Crippen LogP contribution is 2.18. The maximum atomic E-state index is 13.6. The summed E-state index contributed by atoms with van der Waals surface area (Å²) in [6.07, 6.45) is 1.47. The lowest BCUT2D eigenvalue weighted by Gasteiger charge is -2.08. The molecule has 0 bridgehead atoms. The molecule has 0 fully saturated rings. The second kappa shape index (κ2) is 4.59. The fraction of sp³-hybridized carbons (Fsp3) is 0.0833. The topological polar surface area (TPSA) is 48.0 Å². The molecule has 2 N–H and O–H groups in total. The van der Waals surface area contributed by atoms with Crippen molar-refractivity contribution in [2.45, 2.75) is 6.54 Å². The summed E-state index contributed by atoms with van der Waals surface area (Å²) in [5.41, 5.74) is 6.14. The highest BCUT2D eigenvalue weighted by molar-refractivity contribution is 6.30. The van der Waals surface area contributed by atoms with E-state index in [1.54, 1.807) is 12.1 Å². The Morgan fingerprint density at radius 2 is 2.06 bits per heavy atom. The molecule has 88 valence electrons. The van der Waals surface area contributed by atoms with Gasteiger partial charge in [-0.3, -0.25) is 4.79 Å². The van der Waals surface area contributed by atoms with Crippen LogP contribution in [0.4, 0.5) is 10.1 Å². The molecule has 0 aliphatic rings. The molecule has 1 aromatic carbocycles. The van der Waals surface area contributed by atoms with Crippen LogP contribution in [0.5, 0.6) is 0 Å². The van der Waals surface area contributed by atoms with E-state index in [9.17, 15) is 9.18 Å². The lowest BCUT2D eigenvalue weighted by Crippen LogP contribution is -2.20. The molecule has 1 aromatic heterocycles. The molecular weight excluding hydrogens is 243 g/mol. The average molecular weight is 253 g/mol. The molecule has 0 atom stereocenters. The molecule has 0 amide bonds. The number of anilines is 1. The fourth-order valence-electron chi connectivity index (χ4n) is 1.53. The summed E-state index contributed by atoms with van der Waals surface area (Å²) in [4.78, 5) is 11.5. The predicted octanol–water partition coefficient (Wildman–Crippen LogP) is 2.27. The summed E-state index contributed by atoms with van der Waals surface area (Å²) in [7, 11) is 0. The van der Waals surface area contributed by atoms with Crippen molar-refractivity contribution in [1.82, 2.24) is 4.57 Å². The number of aromatic nitrogens is 1. The van der Waals surface area contributed by atoms with E-state index in [-0.39, 0.29) is 17.1 Å². The van der Waals surface area contributed by atoms with Crippen molar-refractivity contribution in [3.63, 3.8) is 0 Å². The van der Waals surface area contributed by atoms with Crippen LogP contribution in [0.1, 0.15) is 5.56 Å². The van der Waals surface area contributed by atoms with Crippen LogP contribution in [0.25, 0.3) is 0 Å². The summed E-state index contributed by atoms with van der Waals surface area (Å²) in [6.45, 7) is 0.107. The summed E-state index contributed by atoms with van der Waals surface area (Å²) < 4.78 is 15.0. The Kier molecular flexibility index (Phi) is 3.15. The first-order valence-corrected chi connectivity index (χ1v) is 5.34. The van der Waals surface area contributed by atoms with Gasteiger partial charge in [0.1, 0.15) is 5.82 Å². The molecular formula is C12H10ClFN2O. The van der Waals surface area contributed by atoms with Gasteiger partial charge in [0, 0.05) is 23.5 Å². The van der Waals surface area contributed by atoms with Gasteiger partial charge in [0.05, 0.1) is 11.6 Å². The van der Waals surface area contributed by atoms with Crippen molar-refractivity contribution < 1.29 is 4.39 Å². The number of pyridine rings is 1. The van der Waals surface area contributed by atoms with Crippen LogP contribution in [-0.2, 0) is 6.54 Å². The molecule has 17 heavy (non-hydrogen) atoms. The molecule has 0 radical (unpaired) electrons. The summed E-state index contributed by atoms with van der Waals surface area (Å²) in [5, 5.41) is 0.0412. The normalized spacial score (nSPS) is 10.5. The Balaban J connectivity index is 2.41. The Bertz CT molecular complexity index is 610. The second-order valence-electron chi connectivity index (χ2n) is 3.64. The molecule has 0 spiro atoms. The molecule has 3 nitrogen and oxygen atoms in total. The quantitative estimate of drug-likeness (QED) is 0.891. The van der Waals surface area contributed by atoms with Gasteiger partial charge in [-0.25, -0.2) is 4.39 Å². The maximum absolute atomic E-state index is 13.6. The van der Waals surface area contributed by atoms with E-state index in [1.165, 1.54) is 29.0 Å². The highest BCUT2D eigenvalue weighted by Gasteiger charge is 2.07. The number of benzene rings is 1. The van der Waals surface area contributed by atoms with E-state index < -0.39 is 5.82 Å². The lowest BCUT2D eigenvalue weighted by molar-refractivity contribution is 0.597. The van der Waals surface area contributed by atoms with Gasteiger partial charge in [0.2, 0.25) is 0 Å². The lowest BCUT2D eigenvalue weighted by atomic mass is 10.2. The first kappa shape index (κ1) is 11.7. The highest BCUT2D eigenvalue weighted by atomic mass is 35.5. The summed E-state index contributed by atoms with van der Waals surface area (Å²) >= 11 is 5.66. The predicted molar refractivity (Wildman–Crippen MR) is 65.6 cm³/mol. The van der Waals surface area contributed by atoms with Crippen molar-refractivity contribution in [2.24, 2.45) is 0 Å². The van der Waals surface area contributed by atoms with Crippen LogP contribution in [0.2, 0.25) is 5.02 Å². The minimum Gasteiger partial charge on any atom is -0.398 e. The van der Waals surface area contributed by atoms with E-state index in [0.717, 1.165) is 0 Å². The van der Waals surface area contributed by atoms with E-state index >= 15 is 0 Å². The van der Waals surface area contributed by atoms with Crippen LogP contribution in [0, 0.1) is 5.82 Å². The van der Waals surface area contributed by atoms with Gasteiger partial charge >= 0.3 is 0 Å². The monoisotopic (exact) mass is 252 g/mol. The first-order chi connectivity index (χ1) is 8.08. The van der Waals surface area contributed by atoms with Crippen LogP contribution < -0.4 is 11.3 Å². The minimum absolute atomic E-state index is 0.0412. The Hall–Kier alpha value is -1.81. The van der Waals surface area contributed by atoms with Crippen LogP contribution in [0.15, 0.2) is 41.3 Å². The standard InChI is InChI=1S/C12H10ClFN2O/c13-10-3-1-2-8(12(10)14)6-16-7-9(15)4-5-11(16)17/h1-5,7H,6,15H2. The largest absolute Gasteiger partial charge is 0.398 e. The molecule has 0 aliphatic heterocycles. The third-order valence-electron chi connectivity index (χ3n) is 2.38. The number of nitrogens with zero attached hydrogens (tertiary/aromatic N) is 1. The van der Waals surface area contributed by atoms with Crippen LogP contribution in [0.3, 0.4) is 0 Å². The van der Waals surface area contributed by atoms with Crippen molar-refractivity contribution in [3.05, 3.63) is 63.3 Å². The maximum Gasteiger partial charge on any atom is 0.250 e. The molecule has 0 unspecified atom stereocenters. The number of rotatable bonds is 2. The number of halogens is 2. The first-order valence-electron chi connectivity index (χ1n) is 4.97. The molecule has 2 rings (SSSR count). The number of hydrogen-bond donors (Lipinski definition) is 1. The molecule has 0 aliphatic carbocycles. The van der Waals surface area contributed by atoms with Crippen molar-refractivity contribution in [1.29, 1.82) is 0 Å². The zero-order valence-electron chi connectivity index (χ0n) is 8.86. The van der Waals surface area contributed by atoms with E-state index in [2.05, 4.69) is 0 Å². The van der Waals surface area contributed by atoms with E-state index in [4.69, 9.17) is 17.3 Å². The molecule has 2 aromatic rings. The van der Waals surface area contributed by atoms with Gasteiger partial charge in [0.15, 0.2) is 0 Å². The molecule has 5 heteroatoms. The van der Waals surface area contributed by atoms with Gasteiger partial charge in [-0.15, -0.1) is 0 Å². The summed E-state index contributed by atoms with van der Waals surface area (Å²) in [5.74, 6) is -0.511. The van der Waals surface area contributed by atoms with Crippen LogP contribution >= 0.6 is 11.6 Å². The smallest absolute Gasteiger partial charge is 0.250 e. The molecule has 0 saturated carbocycles. The third kappa shape index (κ3) is 2.47. The number of hydrogen-bond acceptors (Lipinski definition) is 2. The number of nitrogen functional groups attached to an aromatic ring is 1. The van der Waals surface area contributed by atoms with Crippen molar-refractivity contribution in [3.8, 4) is 0 Å². The SMILES string of the molecule is Nc1ccc(=O)n(Cc2cccc(Cl)c2F)c1. The Labute approximate surface area is 102 Å². The summed E-state index contributed by atoms with van der Waals surface area (Å²) in [6, 6.07) is 7.53. The number of nitrogens with two attached hydrogens (primary N) is 1. The van der Waals surface area contributed by atoms with Gasteiger partial charge in [-0.2, -0.15) is 0 Å². The van der Waals surface area contributed by atoms with Gasteiger partial charge in [-0.05, 0) is 12.1 Å². The van der Waals surface area contributed by atoms with Gasteiger partial charge < -0.3 is 10.3 Å². The molecule has 1 heterocycles. The van der Waals surface area contributed by atoms with Crippen molar-refractivity contribution >= 4 is 17.3 Å². The Morgan fingerprint density at radius 1 is 1.29 bits per heavy atom. The minimum atomic E-state index is -0.511. The third-order valence-corrected chi connectivity index (χ3v) is 2.67. The van der Waals surface area contributed by atoms with Gasteiger partial charge in [-0.1, -0.05) is 23.7 Å². The van der Waals surface area contributed by atoms with Crippen molar-refractivity contribution in [2.75, 3.05) is 5.73 Å². The average Bonchev–Trinajstić information content (AvgIpc) is 2.30. The zero-order chi connectivity index (χ0) is 12.4. The molecule has 0 saturated heterocycles.